The van der Waals surface area contributed by atoms with E-state index >= 15 is 0 Å². The third-order valence-corrected chi connectivity index (χ3v) is 4.39. The van der Waals surface area contributed by atoms with Gasteiger partial charge >= 0.3 is 0 Å². The molecule has 0 amide bonds. The molecule has 0 radical (unpaired) electrons. The monoisotopic (exact) mass is 289 g/mol. The topological polar surface area (TPSA) is 21.3 Å². The maximum atomic E-state index is 5.84. The molecule has 0 spiro atoms. The van der Waals surface area contributed by atoms with E-state index in [9.17, 15) is 0 Å². The van der Waals surface area contributed by atoms with Crippen LogP contribution in [0, 0.1) is 11.8 Å². The summed E-state index contributed by atoms with van der Waals surface area (Å²) in [5.41, 5.74) is 1.33. The average molecular weight is 289 g/mol. The van der Waals surface area contributed by atoms with Crippen LogP contribution in [0.3, 0.4) is 0 Å². The lowest BCUT2D eigenvalue weighted by Gasteiger charge is -2.27. The van der Waals surface area contributed by atoms with Crippen molar-refractivity contribution in [1.29, 1.82) is 0 Å². The number of hydrogen-bond donors (Lipinski definition) is 1. The molecule has 0 saturated heterocycles. The highest BCUT2D eigenvalue weighted by atomic mass is 16.5. The predicted octanol–water partition coefficient (Wildman–Crippen LogP) is 4.78. The first-order valence-electron chi connectivity index (χ1n) is 8.58. The molecule has 1 fully saturated rings. The summed E-state index contributed by atoms with van der Waals surface area (Å²) in [6.07, 6.45) is 6.54. The number of nitrogens with one attached hydrogen (secondary N) is 1. The van der Waals surface area contributed by atoms with Crippen LogP contribution in [0.25, 0.3) is 0 Å². The zero-order valence-electron chi connectivity index (χ0n) is 13.9. The molecule has 2 nitrogen and oxygen atoms in total. The van der Waals surface area contributed by atoms with E-state index in [1.807, 2.05) is 0 Å². The molecule has 2 atom stereocenters. The average Bonchev–Trinajstić information content (AvgIpc) is 2.45. The highest BCUT2D eigenvalue weighted by Crippen LogP contribution is 2.24. The van der Waals surface area contributed by atoms with E-state index in [4.69, 9.17) is 4.74 Å². The summed E-state index contributed by atoms with van der Waals surface area (Å²) in [6, 6.07) is 9.23. The molecule has 0 bridgehead atoms. The van der Waals surface area contributed by atoms with Gasteiger partial charge < -0.3 is 10.1 Å². The SMILES string of the molecule is CC(C)CCOc1cccc(CNC2CCCC(C)C2)c1. The van der Waals surface area contributed by atoms with Crippen LogP contribution in [0.2, 0.25) is 0 Å². The molecule has 1 aromatic carbocycles. The maximum absolute atomic E-state index is 5.84. The second-order valence-electron chi connectivity index (χ2n) is 7.03. The van der Waals surface area contributed by atoms with Gasteiger partial charge in [-0.1, -0.05) is 45.7 Å². The van der Waals surface area contributed by atoms with Crippen molar-refractivity contribution in [2.24, 2.45) is 11.8 Å². The second kappa shape index (κ2) is 8.43. The van der Waals surface area contributed by atoms with Gasteiger partial charge in [-0.05, 0) is 48.8 Å². The van der Waals surface area contributed by atoms with Crippen LogP contribution < -0.4 is 10.1 Å². The molecule has 2 rings (SSSR count). The molecule has 1 saturated carbocycles. The Hall–Kier alpha value is -1.02. The Morgan fingerprint density at radius 3 is 2.90 bits per heavy atom. The van der Waals surface area contributed by atoms with E-state index in [1.54, 1.807) is 0 Å². The fourth-order valence-electron chi connectivity index (χ4n) is 3.04. The minimum absolute atomic E-state index is 0.694. The van der Waals surface area contributed by atoms with Gasteiger partial charge in [0.05, 0.1) is 6.61 Å². The molecule has 2 unspecified atom stereocenters. The van der Waals surface area contributed by atoms with Crippen LogP contribution in [-0.4, -0.2) is 12.6 Å². The zero-order chi connectivity index (χ0) is 15.1. The summed E-state index contributed by atoms with van der Waals surface area (Å²) in [5.74, 6) is 2.58. The molecule has 0 aromatic heterocycles. The van der Waals surface area contributed by atoms with Crippen LogP contribution in [0.15, 0.2) is 24.3 Å². The Morgan fingerprint density at radius 1 is 1.29 bits per heavy atom. The third kappa shape index (κ3) is 6.09. The van der Waals surface area contributed by atoms with Crippen molar-refractivity contribution in [1.82, 2.24) is 5.32 Å². The Morgan fingerprint density at radius 2 is 2.14 bits per heavy atom. The van der Waals surface area contributed by atoms with Crippen molar-refractivity contribution in [3.8, 4) is 5.75 Å². The van der Waals surface area contributed by atoms with Crippen molar-refractivity contribution in [2.75, 3.05) is 6.61 Å². The van der Waals surface area contributed by atoms with E-state index in [0.29, 0.717) is 12.0 Å². The summed E-state index contributed by atoms with van der Waals surface area (Å²) in [4.78, 5) is 0. The Balaban J connectivity index is 1.77. The van der Waals surface area contributed by atoms with E-state index < -0.39 is 0 Å². The number of hydrogen-bond acceptors (Lipinski definition) is 2. The van der Waals surface area contributed by atoms with Crippen LogP contribution in [0.1, 0.15) is 58.4 Å². The van der Waals surface area contributed by atoms with E-state index in [0.717, 1.165) is 31.2 Å². The van der Waals surface area contributed by atoms with E-state index in [-0.39, 0.29) is 0 Å². The quantitative estimate of drug-likeness (QED) is 0.780. The molecule has 1 aliphatic rings. The summed E-state index contributed by atoms with van der Waals surface area (Å²) in [7, 11) is 0. The van der Waals surface area contributed by atoms with Gasteiger partial charge in [-0.2, -0.15) is 0 Å². The minimum Gasteiger partial charge on any atom is -0.494 e. The highest BCUT2D eigenvalue weighted by Gasteiger charge is 2.17. The molecule has 1 aromatic rings. The fraction of sp³-hybridized carbons (Fsp3) is 0.684. The molecule has 118 valence electrons. The van der Waals surface area contributed by atoms with Gasteiger partial charge in [0.2, 0.25) is 0 Å². The molecule has 1 aliphatic carbocycles. The smallest absolute Gasteiger partial charge is 0.119 e. The van der Waals surface area contributed by atoms with Gasteiger partial charge in [0.15, 0.2) is 0 Å². The summed E-state index contributed by atoms with van der Waals surface area (Å²) < 4.78 is 5.84. The Labute approximate surface area is 130 Å². The minimum atomic E-state index is 0.694. The van der Waals surface area contributed by atoms with Crippen LogP contribution in [-0.2, 0) is 6.54 Å². The molecule has 1 N–H and O–H groups in total. The highest BCUT2D eigenvalue weighted by molar-refractivity contribution is 5.28. The zero-order valence-corrected chi connectivity index (χ0v) is 13.9. The third-order valence-electron chi connectivity index (χ3n) is 4.39. The van der Waals surface area contributed by atoms with Gasteiger partial charge in [-0.25, -0.2) is 0 Å². The van der Waals surface area contributed by atoms with Gasteiger partial charge in [0.25, 0.3) is 0 Å². The van der Waals surface area contributed by atoms with Crippen molar-refractivity contribution in [2.45, 2.75) is 65.5 Å². The first-order valence-corrected chi connectivity index (χ1v) is 8.58. The van der Waals surface area contributed by atoms with Crippen molar-refractivity contribution >= 4 is 0 Å². The van der Waals surface area contributed by atoms with Crippen LogP contribution >= 0.6 is 0 Å². The number of rotatable bonds is 7. The molecule has 0 aliphatic heterocycles. The lowest BCUT2D eigenvalue weighted by atomic mass is 9.87. The van der Waals surface area contributed by atoms with Gasteiger partial charge in [0.1, 0.15) is 5.75 Å². The number of ether oxygens (including phenoxy) is 1. The lowest BCUT2D eigenvalue weighted by molar-refractivity contribution is 0.288. The molecule has 2 heteroatoms. The fourth-order valence-corrected chi connectivity index (χ4v) is 3.04. The normalized spacial score (nSPS) is 22.5. The van der Waals surface area contributed by atoms with Crippen molar-refractivity contribution in [3.63, 3.8) is 0 Å². The first kappa shape index (κ1) is 16.4. The van der Waals surface area contributed by atoms with E-state index in [2.05, 4.69) is 50.4 Å². The molecule has 0 heterocycles. The van der Waals surface area contributed by atoms with Crippen molar-refractivity contribution in [3.05, 3.63) is 29.8 Å². The summed E-state index contributed by atoms with van der Waals surface area (Å²) >= 11 is 0. The molecule has 21 heavy (non-hydrogen) atoms. The van der Waals surface area contributed by atoms with Crippen LogP contribution in [0.4, 0.5) is 0 Å². The second-order valence-corrected chi connectivity index (χ2v) is 7.03. The maximum Gasteiger partial charge on any atom is 0.119 e. The van der Waals surface area contributed by atoms with Gasteiger partial charge in [0, 0.05) is 12.6 Å². The lowest BCUT2D eigenvalue weighted by Crippen LogP contribution is -2.33. The Bertz CT molecular complexity index is 416. The number of benzene rings is 1. The summed E-state index contributed by atoms with van der Waals surface area (Å²) in [5, 5.41) is 3.71. The standard InChI is InChI=1S/C19H31NO/c1-15(2)10-11-21-19-9-5-7-17(13-19)14-20-18-8-4-6-16(3)12-18/h5,7,9,13,15-16,18,20H,4,6,8,10-12,14H2,1-3H3. The van der Waals surface area contributed by atoms with Crippen molar-refractivity contribution < 1.29 is 4.74 Å². The Kier molecular flexibility index (Phi) is 6.56. The predicted molar refractivity (Wildman–Crippen MR) is 89.7 cm³/mol. The van der Waals surface area contributed by atoms with Gasteiger partial charge in [-0.3, -0.25) is 0 Å². The van der Waals surface area contributed by atoms with E-state index in [1.165, 1.54) is 31.2 Å². The first-order chi connectivity index (χ1) is 10.1. The largest absolute Gasteiger partial charge is 0.494 e. The molecular formula is C19H31NO. The summed E-state index contributed by atoms with van der Waals surface area (Å²) in [6.45, 7) is 8.61. The van der Waals surface area contributed by atoms with Crippen LogP contribution in [0.5, 0.6) is 5.75 Å². The van der Waals surface area contributed by atoms with Gasteiger partial charge in [-0.15, -0.1) is 0 Å². The molecular weight excluding hydrogens is 258 g/mol.